The SMILES string of the molecule is Cc1cccc(OC(NC(=O)N(C)C)C(Cl)(Cl)Cl)c1. The van der Waals surface area contributed by atoms with Gasteiger partial charge in [-0.2, -0.15) is 0 Å². The van der Waals surface area contributed by atoms with Crippen molar-refractivity contribution in [2.75, 3.05) is 14.1 Å². The average Bonchev–Trinajstić information content (AvgIpc) is 2.26. The summed E-state index contributed by atoms with van der Waals surface area (Å²) < 4.78 is 3.74. The number of hydrogen-bond donors (Lipinski definition) is 1. The molecule has 19 heavy (non-hydrogen) atoms. The molecule has 1 atom stereocenters. The molecule has 0 heterocycles. The van der Waals surface area contributed by atoms with Crippen molar-refractivity contribution >= 4 is 40.8 Å². The number of nitrogens with zero attached hydrogens (tertiary/aromatic N) is 1. The number of rotatable bonds is 3. The van der Waals surface area contributed by atoms with Gasteiger partial charge in [0.1, 0.15) is 5.75 Å². The van der Waals surface area contributed by atoms with Crippen LogP contribution in [0.4, 0.5) is 4.79 Å². The summed E-state index contributed by atoms with van der Waals surface area (Å²) in [6.07, 6.45) is -1.09. The van der Waals surface area contributed by atoms with Gasteiger partial charge in [0.2, 0.25) is 10.0 Å². The highest BCUT2D eigenvalue weighted by Crippen LogP contribution is 2.32. The van der Waals surface area contributed by atoms with E-state index in [0.717, 1.165) is 5.56 Å². The monoisotopic (exact) mass is 324 g/mol. The van der Waals surface area contributed by atoms with Crippen LogP contribution in [0.15, 0.2) is 24.3 Å². The van der Waals surface area contributed by atoms with Crippen LogP contribution in [0, 0.1) is 6.92 Å². The summed E-state index contributed by atoms with van der Waals surface area (Å²) in [4.78, 5) is 12.9. The Kier molecular flexibility index (Phi) is 5.59. The van der Waals surface area contributed by atoms with Crippen LogP contribution in [-0.4, -0.2) is 35.0 Å². The molecular formula is C12H15Cl3N2O2. The van der Waals surface area contributed by atoms with E-state index in [1.54, 1.807) is 26.2 Å². The Morgan fingerprint density at radius 1 is 1.37 bits per heavy atom. The third kappa shape index (κ3) is 5.35. The smallest absolute Gasteiger partial charge is 0.319 e. The summed E-state index contributed by atoms with van der Waals surface area (Å²) in [6.45, 7) is 1.91. The van der Waals surface area contributed by atoms with Crippen LogP contribution in [-0.2, 0) is 0 Å². The van der Waals surface area contributed by atoms with Gasteiger partial charge in [-0.3, -0.25) is 5.32 Å². The lowest BCUT2D eigenvalue weighted by Crippen LogP contribution is -2.50. The highest BCUT2D eigenvalue weighted by atomic mass is 35.6. The summed E-state index contributed by atoms with van der Waals surface area (Å²) in [5, 5.41) is 2.49. The number of hydrogen-bond acceptors (Lipinski definition) is 2. The molecule has 1 unspecified atom stereocenters. The van der Waals surface area contributed by atoms with Crippen molar-refractivity contribution in [2.24, 2.45) is 0 Å². The Morgan fingerprint density at radius 3 is 2.47 bits per heavy atom. The molecule has 0 fully saturated rings. The minimum Gasteiger partial charge on any atom is -0.466 e. The van der Waals surface area contributed by atoms with Crippen LogP contribution in [0.1, 0.15) is 5.56 Å². The van der Waals surface area contributed by atoms with Crippen LogP contribution < -0.4 is 10.1 Å². The van der Waals surface area contributed by atoms with Crippen molar-refractivity contribution in [2.45, 2.75) is 16.9 Å². The summed E-state index contributed by atoms with van der Waals surface area (Å²) >= 11 is 17.4. The first kappa shape index (κ1) is 16.2. The van der Waals surface area contributed by atoms with Crippen molar-refractivity contribution in [3.8, 4) is 5.75 Å². The van der Waals surface area contributed by atoms with Gasteiger partial charge in [0.05, 0.1) is 0 Å². The Bertz CT molecular complexity index is 447. The molecule has 0 aliphatic rings. The van der Waals surface area contributed by atoms with Gasteiger partial charge in [-0.1, -0.05) is 46.9 Å². The molecule has 1 rings (SSSR count). The molecule has 106 valence electrons. The number of carbonyl (C=O) groups excluding carboxylic acids is 1. The summed E-state index contributed by atoms with van der Waals surface area (Å²) in [5.74, 6) is 0.510. The highest BCUT2D eigenvalue weighted by Gasteiger charge is 2.36. The maximum Gasteiger partial charge on any atom is 0.319 e. The number of benzene rings is 1. The first-order chi connectivity index (χ1) is 8.70. The molecule has 2 amide bonds. The van der Waals surface area contributed by atoms with E-state index in [0.29, 0.717) is 5.75 Å². The zero-order valence-corrected chi connectivity index (χ0v) is 13.1. The average molecular weight is 326 g/mol. The summed E-state index contributed by atoms with van der Waals surface area (Å²) in [6, 6.07) is 6.82. The first-order valence-electron chi connectivity index (χ1n) is 5.48. The molecule has 0 radical (unpaired) electrons. The Hall–Kier alpha value is -0.840. The molecule has 7 heteroatoms. The van der Waals surface area contributed by atoms with Crippen molar-refractivity contribution < 1.29 is 9.53 Å². The molecular weight excluding hydrogens is 311 g/mol. The molecule has 0 aromatic heterocycles. The molecule has 4 nitrogen and oxygen atoms in total. The van der Waals surface area contributed by atoms with E-state index in [-0.39, 0.29) is 0 Å². The Morgan fingerprint density at radius 2 is 2.00 bits per heavy atom. The maximum absolute atomic E-state index is 11.6. The largest absolute Gasteiger partial charge is 0.466 e. The second-order valence-corrected chi connectivity index (χ2v) is 6.57. The standard InChI is InChI=1S/C12H15Cl3N2O2/c1-8-5-4-6-9(7-8)19-10(12(13,14)15)16-11(18)17(2)3/h4-7,10H,1-3H3,(H,16,18). The number of amides is 2. The maximum atomic E-state index is 11.6. The van der Waals surface area contributed by atoms with E-state index in [2.05, 4.69) is 5.32 Å². The molecule has 1 aromatic rings. The second-order valence-electron chi connectivity index (χ2n) is 4.20. The Labute approximate surface area is 127 Å². The number of nitrogens with one attached hydrogen (secondary N) is 1. The summed E-state index contributed by atoms with van der Waals surface area (Å²) in [5.41, 5.74) is 1.000. The fourth-order valence-corrected chi connectivity index (χ4v) is 1.54. The third-order valence-electron chi connectivity index (χ3n) is 2.20. The first-order valence-corrected chi connectivity index (χ1v) is 6.61. The van der Waals surface area contributed by atoms with Crippen LogP contribution in [0.5, 0.6) is 5.75 Å². The lowest BCUT2D eigenvalue weighted by atomic mass is 10.2. The molecule has 0 saturated heterocycles. The normalized spacial score (nSPS) is 12.7. The van der Waals surface area contributed by atoms with Crippen LogP contribution >= 0.6 is 34.8 Å². The molecule has 1 aromatic carbocycles. The minimum absolute atomic E-state index is 0.413. The van der Waals surface area contributed by atoms with Gasteiger partial charge >= 0.3 is 6.03 Å². The number of halogens is 3. The van der Waals surface area contributed by atoms with Gasteiger partial charge in [0.25, 0.3) is 0 Å². The van der Waals surface area contributed by atoms with Gasteiger partial charge in [-0.15, -0.1) is 0 Å². The lowest BCUT2D eigenvalue weighted by Gasteiger charge is -2.27. The molecule has 0 spiro atoms. The predicted molar refractivity (Wildman–Crippen MR) is 78.1 cm³/mol. The molecule has 0 aliphatic carbocycles. The van der Waals surface area contributed by atoms with E-state index in [1.165, 1.54) is 4.90 Å². The van der Waals surface area contributed by atoms with Crippen molar-refractivity contribution in [1.82, 2.24) is 10.2 Å². The van der Waals surface area contributed by atoms with Crippen molar-refractivity contribution in [1.29, 1.82) is 0 Å². The van der Waals surface area contributed by atoms with Gasteiger partial charge in [-0.25, -0.2) is 4.79 Å². The molecule has 1 N–H and O–H groups in total. The van der Waals surface area contributed by atoms with Crippen molar-refractivity contribution in [3.63, 3.8) is 0 Å². The molecule has 0 aliphatic heterocycles. The van der Waals surface area contributed by atoms with E-state index >= 15 is 0 Å². The van der Waals surface area contributed by atoms with Gasteiger partial charge in [0.15, 0.2) is 0 Å². The fourth-order valence-electron chi connectivity index (χ4n) is 1.24. The molecule has 0 bridgehead atoms. The van der Waals surface area contributed by atoms with E-state index in [4.69, 9.17) is 39.5 Å². The number of urea groups is 1. The lowest BCUT2D eigenvalue weighted by molar-refractivity contribution is 0.153. The Balaban J connectivity index is 2.84. The summed E-state index contributed by atoms with van der Waals surface area (Å²) in [7, 11) is 3.16. The zero-order chi connectivity index (χ0) is 14.6. The predicted octanol–water partition coefficient (Wildman–Crippen LogP) is 3.34. The number of carbonyl (C=O) groups is 1. The van der Waals surface area contributed by atoms with E-state index in [1.807, 2.05) is 19.1 Å². The fraction of sp³-hybridized carbons (Fsp3) is 0.417. The van der Waals surface area contributed by atoms with Crippen LogP contribution in [0.2, 0.25) is 0 Å². The van der Waals surface area contributed by atoms with Crippen molar-refractivity contribution in [3.05, 3.63) is 29.8 Å². The number of ether oxygens (including phenoxy) is 1. The van der Waals surface area contributed by atoms with Gasteiger partial charge in [-0.05, 0) is 24.6 Å². The highest BCUT2D eigenvalue weighted by molar-refractivity contribution is 6.68. The van der Waals surface area contributed by atoms with Gasteiger partial charge < -0.3 is 9.64 Å². The zero-order valence-electron chi connectivity index (χ0n) is 10.8. The van der Waals surface area contributed by atoms with E-state index in [9.17, 15) is 4.79 Å². The third-order valence-corrected chi connectivity index (χ3v) is 2.80. The second kappa shape index (κ2) is 6.55. The van der Waals surface area contributed by atoms with Crippen LogP contribution in [0.3, 0.4) is 0 Å². The van der Waals surface area contributed by atoms with Gasteiger partial charge in [0, 0.05) is 14.1 Å². The van der Waals surface area contributed by atoms with E-state index < -0.39 is 16.1 Å². The number of alkyl halides is 3. The molecule has 0 saturated carbocycles. The minimum atomic E-state index is -1.78. The topological polar surface area (TPSA) is 41.6 Å². The van der Waals surface area contributed by atoms with Crippen LogP contribution in [0.25, 0.3) is 0 Å². The quantitative estimate of drug-likeness (QED) is 0.684. The number of aryl methyl sites for hydroxylation is 1.